The number of hydrogen-bond donors (Lipinski definition) is 2. The molecule has 0 fully saturated rings. The molecule has 191 valence electrons. The topological polar surface area (TPSA) is 83.6 Å². The molecule has 2 atom stereocenters. The second-order valence-corrected chi connectivity index (χ2v) is 8.12. The standard InChI is InChI=1S/C30H28N2O4.Co/c1-35-25-13-7-11-21(17-25)29(31-19-23-9-3-5-15-27(23)33)30(22-12-8-14-26(18-22)36-2)32-20-24-10-4-6-16-28(24)34;/h3-20,29-30,33-34H,1-2H3;/t29-,30+;. The molecule has 0 heterocycles. The Bertz CT molecular complexity index is 1270. The van der Waals surface area contributed by atoms with Crippen LogP contribution in [0.4, 0.5) is 0 Å². The number of phenols is 2. The monoisotopic (exact) mass is 539 g/mol. The van der Waals surface area contributed by atoms with Crippen molar-refractivity contribution in [3.8, 4) is 23.0 Å². The van der Waals surface area contributed by atoms with E-state index in [2.05, 4.69) is 0 Å². The summed E-state index contributed by atoms with van der Waals surface area (Å²) in [6.07, 6.45) is 3.31. The molecule has 0 saturated carbocycles. The summed E-state index contributed by atoms with van der Waals surface area (Å²) in [4.78, 5) is 9.82. The number of benzene rings is 4. The van der Waals surface area contributed by atoms with Crippen LogP contribution in [0.5, 0.6) is 23.0 Å². The molecule has 0 amide bonds. The van der Waals surface area contributed by atoms with Gasteiger partial charge in [0.25, 0.3) is 0 Å². The van der Waals surface area contributed by atoms with Crippen molar-refractivity contribution in [2.75, 3.05) is 14.2 Å². The van der Waals surface area contributed by atoms with Gasteiger partial charge in [-0.2, -0.15) is 0 Å². The fraction of sp³-hybridized carbons (Fsp3) is 0.133. The van der Waals surface area contributed by atoms with Gasteiger partial charge >= 0.3 is 0 Å². The summed E-state index contributed by atoms with van der Waals surface area (Å²) in [7, 11) is 3.24. The predicted molar refractivity (Wildman–Crippen MR) is 143 cm³/mol. The zero-order valence-corrected chi connectivity index (χ0v) is 21.5. The van der Waals surface area contributed by atoms with Gasteiger partial charge in [0.1, 0.15) is 35.1 Å². The van der Waals surface area contributed by atoms with Crippen LogP contribution in [0.2, 0.25) is 0 Å². The van der Waals surface area contributed by atoms with Crippen molar-refractivity contribution in [1.29, 1.82) is 0 Å². The van der Waals surface area contributed by atoms with Crippen LogP contribution in [0.25, 0.3) is 0 Å². The van der Waals surface area contributed by atoms with Crippen LogP contribution in [0, 0.1) is 0 Å². The number of ether oxygens (including phenoxy) is 2. The fourth-order valence-corrected chi connectivity index (χ4v) is 3.87. The summed E-state index contributed by atoms with van der Waals surface area (Å²) in [6, 6.07) is 28.5. The Balaban J connectivity index is 0.00000380. The number of hydrogen-bond acceptors (Lipinski definition) is 6. The quantitative estimate of drug-likeness (QED) is 0.251. The van der Waals surface area contributed by atoms with Gasteiger partial charge < -0.3 is 19.7 Å². The van der Waals surface area contributed by atoms with Crippen molar-refractivity contribution in [3.63, 3.8) is 0 Å². The van der Waals surface area contributed by atoms with Crippen molar-refractivity contribution in [1.82, 2.24) is 0 Å². The van der Waals surface area contributed by atoms with Crippen LogP contribution >= 0.6 is 0 Å². The van der Waals surface area contributed by atoms with Gasteiger partial charge in [-0.1, -0.05) is 48.5 Å². The Morgan fingerprint density at radius 2 is 1.00 bits per heavy atom. The average molecular weight is 539 g/mol. The molecule has 0 aliphatic carbocycles. The maximum atomic E-state index is 10.3. The summed E-state index contributed by atoms with van der Waals surface area (Å²) in [5.41, 5.74) is 2.95. The summed E-state index contributed by atoms with van der Waals surface area (Å²) in [6.45, 7) is 0. The van der Waals surface area contributed by atoms with E-state index in [-0.39, 0.29) is 28.3 Å². The number of aromatic hydroxyl groups is 2. The Labute approximate surface area is 227 Å². The predicted octanol–water partition coefficient (Wildman–Crippen LogP) is 6.13. The first kappa shape index (κ1) is 27.5. The van der Waals surface area contributed by atoms with E-state index in [0.717, 1.165) is 11.1 Å². The molecule has 7 heteroatoms. The number of phenolic OH excluding ortho intramolecular Hbond substituents is 2. The molecule has 0 bridgehead atoms. The minimum atomic E-state index is -0.478. The second-order valence-electron chi connectivity index (χ2n) is 8.12. The third-order valence-corrected chi connectivity index (χ3v) is 5.79. The zero-order valence-electron chi connectivity index (χ0n) is 20.5. The molecule has 1 radical (unpaired) electrons. The van der Waals surface area contributed by atoms with Crippen LogP contribution in [0.1, 0.15) is 34.3 Å². The van der Waals surface area contributed by atoms with Gasteiger partial charge in [0.2, 0.25) is 0 Å². The third-order valence-electron chi connectivity index (χ3n) is 5.79. The minimum absolute atomic E-state index is 0. The van der Waals surface area contributed by atoms with Crippen molar-refractivity contribution in [2.45, 2.75) is 12.1 Å². The van der Waals surface area contributed by atoms with Gasteiger partial charge in [-0.3, -0.25) is 9.98 Å². The number of methoxy groups -OCH3 is 2. The van der Waals surface area contributed by atoms with E-state index in [4.69, 9.17) is 19.5 Å². The Morgan fingerprint density at radius 3 is 1.38 bits per heavy atom. The van der Waals surface area contributed by atoms with Crippen LogP contribution in [-0.2, 0) is 16.8 Å². The third kappa shape index (κ3) is 7.00. The number of para-hydroxylation sites is 2. The van der Waals surface area contributed by atoms with Crippen molar-refractivity contribution >= 4 is 12.4 Å². The first-order valence-corrected chi connectivity index (χ1v) is 11.5. The Hall–Kier alpha value is -4.07. The number of aliphatic imine (C=N–C) groups is 2. The smallest absolute Gasteiger partial charge is 0.124 e. The minimum Gasteiger partial charge on any atom is -0.507 e. The van der Waals surface area contributed by atoms with Crippen molar-refractivity contribution in [2.24, 2.45) is 9.98 Å². The summed E-state index contributed by atoms with van der Waals surface area (Å²) >= 11 is 0. The Morgan fingerprint density at radius 1 is 0.595 bits per heavy atom. The zero-order chi connectivity index (χ0) is 25.3. The summed E-state index contributed by atoms with van der Waals surface area (Å²) in [5.74, 6) is 1.68. The summed E-state index contributed by atoms with van der Waals surface area (Å²) in [5, 5.41) is 20.6. The van der Waals surface area contributed by atoms with E-state index < -0.39 is 12.1 Å². The number of rotatable bonds is 9. The van der Waals surface area contributed by atoms with Gasteiger partial charge in [-0.25, -0.2) is 0 Å². The molecule has 0 unspecified atom stereocenters. The molecule has 0 spiro atoms. The van der Waals surface area contributed by atoms with Crippen molar-refractivity contribution < 1.29 is 36.5 Å². The average Bonchev–Trinajstić information content (AvgIpc) is 2.92. The molecule has 0 aliphatic rings. The van der Waals surface area contributed by atoms with Crippen LogP contribution in [0.3, 0.4) is 0 Å². The first-order chi connectivity index (χ1) is 17.6. The van der Waals surface area contributed by atoms with E-state index in [1.54, 1.807) is 63.0 Å². The molecule has 0 saturated heterocycles. The van der Waals surface area contributed by atoms with Crippen LogP contribution in [-0.4, -0.2) is 36.9 Å². The van der Waals surface area contributed by atoms with E-state index in [0.29, 0.717) is 22.6 Å². The van der Waals surface area contributed by atoms with E-state index in [9.17, 15) is 10.2 Å². The molecule has 4 aromatic rings. The van der Waals surface area contributed by atoms with Gasteiger partial charge in [-0.05, 0) is 59.7 Å². The molecule has 4 rings (SSSR count). The SMILES string of the molecule is COc1cccc([C@@H](N=Cc2ccccc2O)[C@@H](N=Cc2ccccc2O)c2cccc(OC)c2)c1.[Co]. The van der Waals surface area contributed by atoms with Gasteiger partial charge in [0, 0.05) is 40.3 Å². The van der Waals surface area contributed by atoms with Crippen molar-refractivity contribution in [3.05, 3.63) is 119 Å². The van der Waals surface area contributed by atoms with Crippen LogP contribution in [0.15, 0.2) is 107 Å². The molecule has 37 heavy (non-hydrogen) atoms. The first-order valence-electron chi connectivity index (χ1n) is 11.5. The molecular weight excluding hydrogens is 511 g/mol. The number of nitrogens with zero attached hydrogens (tertiary/aromatic N) is 2. The maximum Gasteiger partial charge on any atom is 0.124 e. The van der Waals surface area contributed by atoms with Crippen LogP contribution < -0.4 is 9.47 Å². The molecule has 6 nitrogen and oxygen atoms in total. The normalized spacial score (nSPS) is 12.7. The summed E-state index contributed by atoms with van der Waals surface area (Å²) < 4.78 is 10.9. The Kier molecular flexibility index (Phi) is 9.89. The van der Waals surface area contributed by atoms with Gasteiger partial charge in [0.05, 0.1) is 14.2 Å². The van der Waals surface area contributed by atoms with E-state index in [1.165, 1.54) is 0 Å². The molecule has 0 aromatic heterocycles. The van der Waals surface area contributed by atoms with Gasteiger partial charge in [0.15, 0.2) is 0 Å². The van der Waals surface area contributed by atoms with Gasteiger partial charge in [-0.15, -0.1) is 0 Å². The van der Waals surface area contributed by atoms with E-state index in [1.807, 2.05) is 60.7 Å². The molecule has 0 aliphatic heterocycles. The molecule has 2 N–H and O–H groups in total. The largest absolute Gasteiger partial charge is 0.507 e. The van der Waals surface area contributed by atoms with E-state index >= 15 is 0 Å². The second kappa shape index (κ2) is 13.3. The maximum absolute atomic E-state index is 10.3. The fourth-order valence-electron chi connectivity index (χ4n) is 3.87. The molecular formula is C30H28CoN2O4. The molecule has 4 aromatic carbocycles.